The van der Waals surface area contributed by atoms with Crippen molar-refractivity contribution in [3.8, 4) is 11.5 Å². The van der Waals surface area contributed by atoms with Gasteiger partial charge in [0, 0.05) is 10.0 Å². The summed E-state index contributed by atoms with van der Waals surface area (Å²) in [6.45, 7) is 5.07. The second-order valence-electron chi connectivity index (χ2n) is 9.01. The zero-order chi connectivity index (χ0) is 27.5. The Labute approximate surface area is 238 Å². The van der Waals surface area contributed by atoms with E-state index in [-0.39, 0.29) is 11.3 Å². The number of unbranched alkanes of at least 4 members (excludes halogenated alkanes) is 1. The second kappa shape index (κ2) is 11.6. The van der Waals surface area contributed by atoms with Crippen molar-refractivity contribution < 1.29 is 24.2 Å². The maximum absolute atomic E-state index is 13.5. The van der Waals surface area contributed by atoms with Crippen LogP contribution in [0.4, 0.5) is 5.13 Å². The Balaban J connectivity index is 1.62. The third-order valence-corrected chi connectivity index (χ3v) is 7.92. The molecule has 0 saturated carbocycles. The van der Waals surface area contributed by atoms with E-state index in [0.29, 0.717) is 46.5 Å². The lowest BCUT2D eigenvalue weighted by molar-refractivity contribution is -0.132. The Morgan fingerprint density at radius 2 is 1.79 bits per heavy atom. The van der Waals surface area contributed by atoms with Crippen LogP contribution >= 0.6 is 27.3 Å². The summed E-state index contributed by atoms with van der Waals surface area (Å²) in [4.78, 5) is 33.1. The molecule has 1 aliphatic rings. The van der Waals surface area contributed by atoms with Gasteiger partial charge in [-0.3, -0.25) is 14.5 Å². The summed E-state index contributed by atoms with van der Waals surface area (Å²) in [6.07, 6.45) is 1.90. The topological polar surface area (TPSA) is 89.0 Å². The van der Waals surface area contributed by atoms with Crippen LogP contribution in [0.5, 0.6) is 11.5 Å². The molecule has 200 valence electrons. The number of Topliss-reactive ketones (excluding diaryl/α,β-unsaturated/α-hetero) is 1. The van der Waals surface area contributed by atoms with Gasteiger partial charge in [-0.05, 0) is 61.4 Å². The number of ether oxygens (including phenoxy) is 2. The number of fused-ring (bicyclic) bond motifs is 1. The number of amides is 1. The maximum Gasteiger partial charge on any atom is 0.301 e. The van der Waals surface area contributed by atoms with Gasteiger partial charge in [0.05, 0.1) is 35.0 Å². The van der Waals surface area contributed by atoms with E-state index in [4.69, 9.17) is 9.47 Å². The van der Waals surface area contributed by atoms with Crippen LogP contribution in [0.15, 0.2) is 76.8 Å². The number of nitrogens with zero attached hydrogens (tertiary/aromatic N) is 2. The quantitative estimate of drug-likeness (QED) is 0.0933. The van der Waals surface area contributed by atoms with Crippen molar-refractivity contribution in [2.45, 2.75) is 32.7 Å². The van der Waals surface area contributed by atoms with Crippen molar-refractivity contribution in [2.75, 3.05) is 18.1 Å². The predicted octanol–water partition coefficient (Wildman–Crippen LogP) is 7.26. The van der Waals surface area contributed by atoms with Gasteiger partial charge >= 0.3 is 5.91 Å². The maximum atomic E-state index is 13.5. The molecule has 0 spiro atoms. The first-order valence-corrected chi connectivity index (χ1v) is 14.3. The van der Waals surface area contributed by atoms with Gasteiger partial charge in [0.1, 0.15) is 17.3 Å². The standard InChI is InChI=1S/C30H27BrN2O5S/c1-3-5-15-38-21-8-6-7-19(16-21)27(34)25-26(18-9-11-20(31)12-10-18)33(29(36)28(25)35)30-32-23-14-13-22(37-4-2)17-24(23)39-30/h6-14,16-17,26,34H,3-5,15H2,1-2H3/b27-25+. The van der Waals surface area contributed by atoms with Gasteiger partial charge in [0.15, 0.2) is 5.13 Å². The largest absolute Gasteiger partial charge is 0.507 e. The number of ketones is 1. The second-order valence-corrected chi connectivity index (χ2v) is 10.9. The third-order valence-electron chi connectivity index (χ3n) is 6.37. The number of hydrogen-bond donors (Lipinski definition) is 1. The van der Waals surface area contributed by atoms with Crippen LogP contribution < -0.4 is 14.4 Å². The summed E-state index contributed by atoms with van der Waals surface area (Å²) >= 11 is 4.74. The van der Waals surface area contributed by atoms with E-state index in [9.17, 15) is 14.7 Å². The number of carbonyl (C=O) groups excluding carboxylic acids is 2. The number of hydrogen-bond acceptors (Lipinski definition) is 7. The minimum absolute atomic E-state index is 0.00212. The molecule has 2 heterocycles. The normalized spacial score (nSPS) is 16.7. The number of carbonyl (C=O) groups is 2. The van der Waals surface area contributed by atoms with E-state index >= 15 is 0 Å². The number of benzene rings is 3. The molecule has 0 aliphatic carbocycles. The Bertz CT molecular complexity index is 1560. The van der Waals surface area contributed by atoms with Crippen molar-refractivity contribution >= 4 is 60.1 Å². The minimum Gasteiger partial charge on any atom is -0.507 e. The van der Waals surface area contributed by atoms with Crippen molar-refractivity contribution in [1.29, 1.82) is 0 Å². The molecule has 0 bridgehead atoms. The Morgan fingerprint density at radius 1 is 1.03 bits per heavy atom. The zero-order valence-electron chi connectivity index (χ0n) is 21.5. The molecule has 1 aliphatic heterocycles. The summed E-state index contributed by atoms with van der Waals surface area (Å²) in [7, 11) is 0. The van der Waals surface area contributed by atoms with Crippen LogP contribution in [-0.4, -0.2) is 35.0 Å². The molecule has 1 aromatic heterocycles. The number of rotatable bonds is 9. The number of halogens is 1. The summed E-state index contributed by atoms with van der Waals surface area (Å²) < 4.78 is 13.1. The fourth-order valence-corrected chi connectivity index (χ4v) is 5.75. The van der Waals surface area contributed by atoms with Gasteiger partial charge in [0.2, 0.25) is 0 Å². The molecule has 1 saturated heterocycles. The summed E-state index contributed by atoms with van der Waals surface area (Å²) in [5, 5.41) is 11.8. The van der Waals surface area contributed by atoms with Gasteiger partial charge < -0.3 is 14.6 Å². The lowest BCUT2D eigenvalue weighted by Crippen LogP contribution is -2.29. The van der Waals surface area contributed by atoms with E-state index < -0.39 is 17.7 Å². The molecule has 1 fully saturated rings. The van der Waals surface area contributed by atoms with Crippen molar-refractivity contribution in [3.05, 3.63) is 87.9 Å². The summed E-state index contributed by atoms with van der Waals surface area (Å²) in [5.41, 5.74) is 1.76. The highest BCUT2D eigenvalue weighted by Gasteiger charge is 2.48. The monoisotopic (exact) mass is 606 g/mol. The van der Waals surface area contributed by atoms with Crippen LogP contribution in [-0.2, 0) is 9.59 Å². The molecule has 39 heavy (non-hydrogen) atoms. The number of aromatic nitrogens is 1. The highest BCUT2D eigenvalue weighted by molar-refractivity contribution is 9.10. The van der Waals surface area contributed by atoms with Gasteiger partial charge in [-0.1, -0.05) is 64.9 Å². The SMILES string of the molecule is CCCCOc1cccc(/C(O)=C2\C(=O)C(=O)N(c3nc4ccc(OCC)cc4s3)C2c2ccc(Br)cc2)c1. The average molecular weight is 608 g/mol. The van der Waals surface area contributed by atoms with Gasteiger partial charge in [0.25, 0.3) is 5.78 Å². The van der Waals surface area contributed by atoms with Gasteiger partial charge in [-0.25, -0.2) is 4.98 Å². The van der Waals surface area contributed by atoms with E-state index in [0.717, 1.165) is 22.0 Å². The smallest absolute Gasteiger partial charge is 0.301 e. The molecule has 1 N–H and O–H groups in total. The predicted molar refractivity (Wildman–Crippen MR) is 157 cm³/mol. The van der Waals surface area contributed by atoms with Crippen LogP contribution in [0.25, 0.3) is 16.0 Å². The first kappa shape index (κ1) is 26.9. The Morgan fingerprint density at radius 3 is 2.54 bits per heavy atom. The number of thiazole rings is 1. The molecule has 3 aromatic carbocycles. The Hall–Kier alpha value is -3.69. The molecular formula is C30H27BrN2O5S. The number of aliphatic hydroxyl groups is 1. The van der Waals surface area contributed by atoms with Crippen LogP contribution in [0.1, 0.15) is 43.9 Å². The van der Waals surface area contributed by atoms with Crippen LogP contribution in [0, 0.1) is 0 Å². The summed E-state index contributed by atoms with van der Waals surface area (Å²) in [6, 6.07) is 18.9. The number of anilines is 1. The first-order chi connectivity index (χ1) is 18.9. The molecule has 7 nitrogen and oxygen atoms in total. The van der Waals surface area contributed by atoms with Crippen LogP contribution in [0.3, 0.4) is 0 Å². The molecule has 4 aromatic rings. The lowest BCUT2D eigenvalue weighted by Gasteiger charge is -2.23. The van der Waals surface area contributed by atoms with Crippen molar-refractivity contribution in [1.82, 2.24) is 4.98 Å². The van der Waals surface area contributed by atoms with Gasteiger partial charge in [-0.2, -0.15) is 0 Å². The fraction of sp³-hybridized carbons (Fsp3) is 0.233. The number of aliphatic hydroxyl groups excluding tert-OH is 1. The molecule has 5 rings (SSSR count). The van der Waals surface area contributed by atoms with E-state index in [2.05, 4.69) is 27.8 Å². The summed E-state index contributed by atoms with van der Waals surface area (Å²) in [5.74, 6) is -0.494. The molecule has 1 unspecified atom stereocenters. The van der Waals surface area contributed by atoms with E-state index in [1.54, 1.807) is 24.3 Å². The van der Waals surface area contributed by atoms with E-state index in [1.807, 2.05) is 49.4 Å². The first-order valence-electron chi connectivity index (χ1n) is 12.7. The highest BCUT2D eigenvalue weighted by Crippen LogP contribution is 2.45. The lowest BCUT2D eigenvalue weighted by atomic mass is 9.95. The van der Waals surface area contributed by atoms with Crippen LogP contribution in [0.2, 0.25) is 0 Å². The van der Waals surface area contributed by atoms with Crippen molar-refractivity contribution in [3.63, 3.8) is 0 Å². The Kier molecular flexibility index (Phi) is 7.99. The molecule has 9 heteroatoms. The average Bonchev–Trinajstić information content (AvgIpc) is 3.47. The third kappa shape index (κ3) is 5.42. The molecule has 1 amide bonds. The molecule has 0 radical (unpaired) electrons. The van der Waals surface area contributed by atoms with Crippen molar-refractivity contribution in [2.24, 2.45) is 0 Å². The van der Waals surface area contributed by atoms with E-state index in [1.165, 1.54) is 16.2 Å². The fourth-order valence-electron chi connectivity index (χ4n) is 4.47. The molecular weight excluding hydrogens is 580 g/mol. The zero-order valence-corrected chi connectivity index (χ0v) is 23.9. The minimum atomic E-state index is -0.866. The highest BCUT2D eigenvalue weighted by atomic mass is 79.9. The molecule has 1 atom stereocenters. The van der Waals surface area contributed by atoms with Gasteiger partial charge in [-0.15, -0.1) is 0 Å².